The fourth-order valence-corrected chi connectivity index (χ4v) is 2.45. The molecule has 0 bridgehead atoms. The van der Waals surface area contributed by atoms with E-state index in [1.54, 1.807) is 0 Å². The fraction of sp³-hybridized carbons (Fsp3) is 0.900. The van der Waals surface area contributed by atoms with E-state index >= 15 is 0 Å². The number of carbonyl (C=O) groups excluding carboxylic acids is 1. The molecule has 0 aromatic rings. The Morgan fingerprint density at radius 3 is 3.14 bits per heavy atom. The van der Waals surface area contributed by atoms with E-state index in [2.05, 4.69) is 22.5 Å². The van der Waals surface area contributed by atoms with E-state index < -0.39 is 0 Å². The third-order valence-corrected chi connectivity index (χ3v) is 3.21. The number of likely N-dealkylation sites (N-methyl/N-ethyl adjacent to an activating group) is 1. The zero-order valence-electron chi connectivity index (χ0n) is 8.81. The molecule has 0 saturated carbocycles. The van der Waals surface area contributed by atoms with Gasteiger partial charge >= 0.3 is 0 Å². The van der Waals surface area contributed by atoms with Gasteiger partial charge in [-0.05, 0) is 25.9 Å². The Morgan fingerprint density at radius 1 is 1.57 bits per heavy atom. The van der Waals surface area contributed by atoms with Gasteiger partial charge in [-0.15, -0.1) is 0 Å². The number of likely N-dealkylation sites (tertiary alicyclic amines) is 1. The number of amides is 1. The van der Waals surface area contributed by atoms with Crippen molar-refractivity contribution < 1.29 is 4.79 Å². The highest BCUT2D eigenvalue weighted by Gasteiger charge is 2.37. The molecule has 80 valence electrons. The molecule has 1 atom stereocenters. The van der Waals surface area contributed by atoms with E-state index in [9.17, 15) is 4.79 Å². The number of hydrogen-bond donors (Lipinski definition) is 2. The molecule has 0 aromatic heterocycles. The van der Waals surface area contributed by atoms with Crippen LogP contribution < -0.4 is 10.6 Å². The Morgan fingerprint density at radius 2 is 2.43 bits per heavy atom. The van der Waals surface area contributed by atoms with Crippen LogP contribution in [-0.4, -0.2) is 42.6 Å². The van der Waals surface area contributed by atoms with Crippen LogP contribution in [0, 0.1) is 0 Å². The monoisotopic (exact) mass is 197 g/mol. The highest BCUT2D eigenvalue weighted by molar-refractivity contribution is 5.77. The van der Waals surface area contributed by atoms with Gasteiger partial charge in [0.25, 0.3) is 0 Å². The van der Waals surface area contributed by atoms with Crippen molar-refractivity contribution in [3.05, 3.63) is 0 Å². The van der Waals surface area contributed by atoms with Crippen molar-refractivity contribution >= 4 is 5.91 Å². The van der Waals surface area contributed by atoms with Gasteiger partial charge in [0, 0.05) is 19.5 Å². The highest BCUT2D eigenvalue weighted by Crippen LogP contribution is 2.20. The smallest absolute Gasteiger partial charge is 0.222 e. The van der Waals surface area contributed by atoms with E-state index in [0.29, 0.717) is 6.42 Å². The molecule has 1 unspecified atom stereocenters. The second kappa shape index (κ2) is 3.87. The lowest BCUT2D eigenvalue weighted by atomic mass is 9.95. The Bertz CT molecular complexity index is 227. The summed E-state index contributed by atoms with van der Waals surface area (Å²) in [5.41, 5.74) is -0.121. The van der Waals surface area contributed by atoms with Crippen molar-refractivity contribution in [2.24, 2.45) is 0 Å². The Labute approximate surface area is 85.0 Å². The first-order chi connectivity index (χ1) is 6.74. The summed E-state index contributed by atoms with van der Waals surface area (Å²) < 4.78 is 0. The third-order valence-electron chi connectivity index (χ3n) is 3.21. The van der Waals surface area contributed by atoms with Crippen LogP contribution in [0.4, 0.5) is 0 Å². The van der Waals surface area contributed by atoms with Crippen LogP contribution in [-0.2, 0) is 4.79 Å². The average molecular weight is 197 g/mol. The summed E-state index contributed by atoms with van der Waals surface area (Å²) in [5.74, 6) is 0.196. The minimum absolute atomic E-state index is 0.121. The zero-order valence-corrected chi connectivity index (χ0v) is 8.81. The fourth-order valence-electron chi connectivity index (χ4n) is 2.45. The summed E-state index contributed by atoms with van der Waals surface area (Å²) in [6.45, 7) is 6.18. The number of carbonyl (C=O) groups is 1. The molecule has 4 nitrogen and oxygen atoms in total. The number of rotatable bonds is 1. The van der Waals surface area contributed by atoms with Gasteiger partial charge in [0.2, 0.25) is 5.91 Å². The van der Waals surface area contributed by atoms with Crippen LogP contribution in [0.15, 0.2) is 0 Å². The van der Waals surface area contributed by atoms with Gasteiger partial charge in [-0.2, -0.15) is 0 Å². The van der Waals surface area contributed by atoms with Gasteiger partial charge in [-0.1, -0.05) is 6.92 Å². The Hall–Kier alpha value is -0.610. The quantitative estimate of drug-likeness (QED) is 0.617. The lowest BCUT2D eigenvalue weighted by Gasteiger charge is -2.45. The maximum atomic E-state index is 11.4. The Kier molecular flexibility index (Phi) is 2.74. The molecule has 14 heavy (non-hydrogen) atoms. The zero-order chi connectivity index (χ0) is 10.0. The molecule has 2 aliphatic rings. The van der Waals surface area contributed by atoms with E-state index in [1.165, 1.54) is 6.42 Å². The minimum Gasteiger partial charge on any atom is -0.337 e. The third kappa shape index (κ3) is 1.91. The summed E-state index contributed by atoms with van der Waals surface area (Å²) in [6.07, 6.45) is 2.85. The topological polar surface area (TPSA) is 44.4 Å². The summed E-state index contributed by atoms with van der Waals surface area (Å²) in [7, 11) is 0. The van der Waals surface area contributed by atoms with Gasteiger partial charge in [-0.25, -0.2) is 0 Å². The average Bonchev–Trinajstić information content (AvgIpc) is 2.17. The molecule has 0 aliphatic carbocycles. The van der Waals surface area contributed by atoms with Crippen LogP contribution in [0.1, 0.15) is 26.2 Å². The van der Waals surface area contributed by atoms with E-state index in [4.69, 9.17) is 0 Å². The molecule has 2 aliphatic heterocycles. The molecular formula is C10H19N3O. The van der Waals surface area contributed by atoms with Crippen molar-refractivity contribution in [3.63, 3.8) is 0 Å². The second-order valence-corrected chi connectivity index (χ2v) is 4.28. The number of hydrogen-bond acceptors (Lipinski definition) is 3. The normalized spacial score (nSPS) is 34.5. The predicted octanol–water partition coefficient (Wildman–Crippen LogP) is -0.0921. The van der Waals surface area contributed by atoms with Gasteiger partial charge in [0.1, 0.15) is 5.66 Å². The van der Waals surface area contributed by atoms with Crippen LogP contribution in [0.2, 0.25) is 0 Å². The van der Waals surface area contributed by atoms with Gasteiger partial charge < -0.3 is 5.32 Å². The Balaban J connectivity index is 2.02. The lowest BCUT2D eigenvalue weighted by molar-refractivity contribution is -0.126. The molecule has 2 rings (SSSR count). The number of nitrogens with zero attached hydrogens (tertiary/aromatic N) is 1. The van der Waals surface area contributed by atoms with E-state index in [-0.39, 0.29) is 11.6 Å². The molecule has 2 fully saturated rings. The highest BCUT2D eigenvalue weighted by atomic mass is 16.2. The molecule has 0 aromatic carbocycles. The SMILES string of the molecule is CCN1CCCC2(C1)NCCC(=O)N2. The first kappa shape index (κ1) is 9.93. The summed E-state index contributed by atoms with van der Waals surface area (Å²) in [4.78, 5) is 13.8. The minimum atomic E-state index is -0.121. The molecular weight excluding hydrogens is 178 g/mol. The van der Waals surface area contributed by atoms with Crippen molar-refractivity contribution in [2.45, 2.75) is 31.8 Å². The van der Waals surface area contributed by atoms with Crippen molar-refractivity contribution in [3.8, 4) is 0 Å². The second-order valence-electron chi connectivity index (χ2n) is 4.28. The maximum Gasteiger partial charge on any atom is 0.222 e. The van der Waals surface area contributed by atoms with E-state index in [0.717, 1.165) is 32.6 Å². The molecule has 2 N–H and O–H groups in total. The summed E-state index contributed by atoms with van der Waals surface area (Å²) >= 11 is 0. The first-order valence-electron chi connectivity index (χ1n) is 5.52. The van der Waals surface area contributed by atoms with Crippen LogP contribution in [0.5, 0.6) is 0 Å². The van der Waals surface area contributed by atoms with Crippen LogP contribution >= 0.6 is 0 Å². The number of piperidine rings is 1. The molecule has 2 saturated heterocycles. The number of nitrogens with one attached hydrogen (secondary N) is 2. The van der Waals surface area contributed by atoms with E-state index in [1.807, 2.05) is 0 Å². The van der Waals surface area contributed by atoms with Gasteiger partial charge in [0.05, 0.1) is 0 Å². The molecule has 2 heterocycles. The maximum absolute atomic E-state index is 11.4. The van der Waals surface area contributed by atoms with Crippen LogP contribution in [0.3, 0.4) is 0 Å². The molecule has 4 heteroatoms. The van der Waals surface area contributed by atoms with Crippen LogP contribution in [0.25, 0.3) is 0 Å². The van der Waals surface area contributed by atoms with Crippen molar-refractivity contribution in [1.29, 1.82) is 0 Å². The van der Waals surface area contributed by atoms with Gasteiger partial charge in [0.15, 0.2) is 0 Å². The predicted molar refractivity (Wildman–Crippen MR) is 54.8 cm³/mol. The van der Waals surface area contributed by atoms with Crippen molar-refractivity contribution in [2.75, 3.05) is 26.2 Å². The first-order valence-corrected chi connectivity index (χ1v) is 5.52. The standard InChI is InChI=1S/C10H19N3O/c1-2-13-7-3-5-10(8-13)11-6-4-9(14)12-10/h11H,2-8H2,1H3,(H,12,14). The lowest BCUT2D eigenvalue weighted by Crippen LogP contribution is -2.69. The summed E-state index contributed by atoms with van der Waals surface area (Å²) in [5, 5.41) is 6.56. The molecule has 0 radical (unpaired) electrons. The molecule has 1 amide bonds. The largest absolute Gasteiger partial charge is 0.337 e. The summed E-state index contributed by atoms with van der Waals surface area (Å²) in [6, 6.07) is 0. The molecule has 1 spiro atoms. The van der Waals surface area contributed by atoms with Gasteiger partial charge in [-0.3, -0.25) is 15.0 Å². The van der Waals surface area contributed by atoms with Crippen molar-refractivity contribution in [1.82, 2.24) is 15.5 Å².